The van der Waals surface area contributed by atoms with Gasteiger partial charge in [0, 0.05) is 9.75 Å². The van der Waals surface area contributed by atoms with Gasteiger partial charge in [0.2, 0.25) is 0 Å². The Labute approximate surface area is 111 Å². The molecule has 2 aromatic rings. The normalized spacial score (nSPS) is 11.2. The number of hydrogen-bond acceptors (Lipinski definition) is 3. The van der Waals surface area contributed by atoms with Gasteiger partial charge >= 0.3 is 0 Å². The highest BCUT2D eigenvalue weighted by molar-refractivity contribution is 7.10. The molecule has 2 heterocycles. The standard InChI is InChI=1S/C14H19NS2/c15-7-1-4-12(10-13-5-2-8-16-13)11-14-6-3-9-17-14/h2-3,5-6,8-9,12H,1,4,7,10-11,15H2. The highest BCUT2D eigenvalue weighted by atomic mass is 32.1. The average Bonchev–Trinajstić information content (AvgIpc) is 2.99. The predicted molar refractivity (Wildman–Crippen MR) is 77.8 cm³/mol. The second kappa shape index (κ2) is 6.94. The van der Waals surface area contributed by atoms with Crippen LogP contribution in [0.3, 0.4) is 0 Å². The zero-order chi connectivity index (χ0) is 11.9. The minimum Gasteiger partial charge on any atom is -0.330 e. The predicted octanol–water partition coefficient (Wildman–Crippen LogP) is 3.95. The van der Waals surface area contributed by atoms with E-state index in [-0.39, 0.29) is 0 Å². The lowest BCUT2D eigenvalue weighted by atomic mass is 9.94. The maximum absolute atomic E-state index is 5.63. The summed E-state index contributed by atoms with van der Waals surface area (Å²) in [5.41, 5.74) is 5.63. The molecule has 0 fully saturated rings. The molecule has 2 aromatic heterocycles. The number of nitrogens with two attached hydrogens (primary N) is 1. The Balaban J connectivity index is 1.92. The third-order valence-electron chi connectivity index (χ3n) is 2.96. The van der Waals surface area contributed by atoms with Crippen LogP contribution in [-0.2, 0) is 12.8 Å². The Morgan fingerprint density at radius 1 is 1.00 bits per heavy atom. The molecule has 0 bridgehead atoms. The zero-order valence-electron chi connectivity index (χ0n) is 9.97. The molecule has 3 heteroatoms. The molecule has 0 amide bonds. The molecule has 2 rings (SSSR count). The van der Waals surface area contributed by atoms with Crippen molar-refractivity contribution in [1.82, 2.24) is 0 Å². The van der Waals surface area contributed by atoms with E-state index >= 15 is 0 Å². The summed E-state index contributed by atoms with van der Waals surface area (Å²) in [6, 6.07) is 8.78. The van der Waals surface area contributed by atoms with Crippen molar-refractivity contribution in [2.75, 3.05) is 6.54 Å². The van der Waals surface area contributed by atoms with Crippen molar-refractivity contribution in [2.24, 2.45) is 11.7 Å². The van der Waals surface area contributed by atoms with Crippen LogP contribution >= 0.6 is 22.7 Å². The summed E-state index contributed by atoms with van der Waals surface area (Å²) in [7, 11) is 0. The van der Waals surface area contributed by atoms with Gasteiger partial charge in [-0.2, -0.15) is 0 Å². The maximum Gasteiger partial charge on any atom is 0.00480 e. The van der Waals surface area contributed by atoms with Crippen molar-refractivity contribution < 1.29 is 0 Å². The van der Waals surface area contributed by atoms with E-state index in [1.807, 2.05) is 22.7 Å². The van der Waals surface area contributed by atoms with Crippen LogP contribution in [0.25, 0.3) is 0 Å². The summed E-state index contributed by atoms with van der Waals surface area (Å²) < 4.78 is 0. The first-order chi connectivity index (χ1) is 8.38. The highest BCUT2D eigenvalue weighted by Crippen LogP contribution is 2.23. The number of rotatable bonds is 7. The third-order valence-corrected chi connectivity index (χ3v) is 4.75. The van der Waals surface area contributed by atoms with Crippen molar-refractivity contribution >= 4 is 22.7 Å². The minimum atomic E-state index is 0.746. The van der Waals surface area contributed by atoms with Crippen LogP contribution in [-0.4, -0.2) is 6.54 Å². The first kappa shape index (κ1) is 12.8. The SMILES string of the molecule is NCCCC(Cc1cccs1)Cc1cccs1. The van der Waals surface area contributed by atoms with Crippen LogP contribution in [0.1, 0.15) is 22.6 Å². The lowest BCUT2D eigenvalue weighted by Crippen LogP contribution is -2.10. The van der Waals surface area contributed by atoms with Crippen LogP contribution < -0.4 is 5.73 Å². The van der Waals surface area contributed by atoms with E-state index in [1.165, 1.54) is 29.0 Å². The Morgan fingerprint density at radius 2 is 1.59 bits per heavy atom. The minimum absolute atomic E-state index is 0.746. The van der Waals surface area contributed by atoms with E-state index in [2.05, 4.69) is 35.0 Å². The summed E-state index contributed by atoms with van der Waals surface area (Å²) in [5, 5.41) is 4.33. The number of thiophene rings is 2. The molecule has 0 saturated heterocycles. The van der Waals surface area contributed by atoms with Crippen molar-refractivity contribution in [2.45, 2.75) is 25.7 Å². The van der Waals surface area contributed by atoms with Gasteiger partial charge in [0.15, 0.2) is 0 Å². The molecule has 0 aliphatic carbocycles. The fourth-order valence-corrected chi connectivity index (χ4v) is 3.75. The molecule has 0 spiro atoms. The van der Waals surface area contributed by atoms with Gasteiger partial charge in [-0.25, -0.2) is 0 Å². The molecule has 0 saturated carbocycles. The molecule has 0 unspecified atom stereocenters. The van der Waals surface area contributed by atoms with Gasteiger partial charge in [0.25, 0.3) is 0 Å². The van der Waals surface area contributed by atoms with Crippen LogP contribution in [0.15, 0.2) is 35.0 Å². The van der Waals surface area contributed by atoms with E-state index in [1.54, 1.807) is 0 Å². The van der Waals surface area contributed by atoms with E-state index in [0.717, 1.165) is 18.9 Å². The molecule has 2 N–H and O–H groups in total. The first-order valence-electron chi connectivity index (χ1n) is 6.13. The van der Waals surface area contributed by atoms with Crippen LogP contribution in [0, 0.1) is 5.92 Å². The third kappa shape index (κ3) is 4.26. The second-order valence-electron chi connectivity index (χ2n) is 4.36. The zero-order valence-corrected chi connectivity index (χ0v) is 11.6. The largest absolute Gasteiger partial charge is 0.330 e. The molecule has 92 valence electrons. The van der Waals surface area contributed by atoms with Gasteiger partial charge in [-0.15, -0.1) is 22.7 Å². The summed E-state index contributed by atoms with van der Waals surface area (Å²) in [5.74, 6) is 0.746. The van der Waals surface area contributed by atoms with E-state index in [4.69, 9.17) is 5.73 Å². The fraction of sp³-hybridized carbons (Fsp3) is 0.429. The van der Waals surface area contributed by atoms with Gasteiger partial charge in [-0.3, -0.25) is 0 Å². The topological polar surface area (TPSA) is 26.0 Å². The van der Waals surface area contributed by atoms with E-state index in [9.17, 15) is 0 Å². The summed E-state index contributed by atoms with van der Waals surface area (Å²) >= 11 is 3.74. The lowest BCUT2D eigenvalue weighted by Gasteiger charge is -2.14. The molecule has 1 nitrogen and oxygen atoms in total. The van der Waals surface area contributed by atoms with Gasteiger partial charge < -0.3 is 5.73 Å². The maximum atomic E-state index is 5.63. The lowest BCUT2D eigenvalue weighted by molar-refractivity contribution is 0.472. The van der Waals surface area contributed by atoms with Crippen LogP contribution in [0.4, 0.5) is 0 Å². The Kier molecular flexibility index (Phi) is 5.23. The van der Waals surface area contributed by atoms with Crippen molar-refractivity contribution in [3.63, 3.8) is 0 Å². The van der Waals surface area contributed by atoms with Gasteiger partial charge in [0.05, 0.1) is 0 Å². The molecule has 17 heavy (non-hydrogen) atoms. The first-order valence-corrected chi connectivity index (χ1v) is 7.89. The fourth-order valence-electron chi connectivity index (χ4n) is 2.11. The van der Waals surface area contributed by atoms with Gasteiger partial charge in [-0.05, 0) is 61.0 Å². The Morgan fingerprint density at radius 3 is 2.00 bits per heavy atom. The monoisotopic (exact) mass is 265 g/mol. The molecular weight excluding hydrogens is 246 g/mol. The second-order valence-corrected chi connectivity index (χ2v) is 6.43. The van der Waals surface area contributed by atoms with Gasteiger partial charge in [-0.1, -0.05) is 12.1 Å². The molecule has 0 aliphatic heterocycles. The molecule has 0 aliphatic rings. The van der Waals surface area contributed by atoms with E-state index in [0.29, 0.717) is 0 Å². The average molecular weight is 265 g/mol. The van der Waals surface area contributed by atoms with Crippen LogP contribution in [0.2, 0.25) is 0 Å². The summed E-state index contributed by atoms with van der Waals surface area (Å²) in [6.07, 6.45) is 4.79. The van der Waals surface area contributed by atoms with Gasteiger partial charge in [0.1, 0.15) is 0 Å². The smallest absolute Gasteiger partial charge is 0.00480 e. The Hall–Kier alpha value is -0.640. The Bertz CT molecular complexity index is 356. The quantitative estimate of drug-likeness (QED) is 0.806. The number of hydrogen-bond donors (Lipinski definition) is 1. The van der Waals surface area contributed by atoms with Crippen LogP contribution in [0.5, 0.6) is 0 Å². The summed E-state index contributed by atoms with van der Waals surface area (Å²) in [4.78, 5) is 3.01. The van der Waals surface area contributed by atoms with Crippen molar-refractivity contribution in [1.29, 1.82) is 0 Å². The molecular formula is C14H19NS2. The van der Waals surface area contributed by atoms with E-state index < -0.39 is 0 Å². The molecule has 0 radical (unpaired) electrons. The van der Waals surface area contributed by atoms with Crippen molar-refractivity contribution in [3.8, 4) is 0 Å². The molecule has 0 atom stereocenters. The molecule has 0 aromatic carbocycles. The van der Waals surface area contributed by atoms with Crippen molar-refractivity contribution in [3.05, 3.63) is 44.8 Å². The summed E-state index contributed by atoms with van der Waals surface area (Å²) in [6.45, 7) is 0.811. The highest BCUT2D eigenvalue weighted by Gasteiger charge is 2.11.